The third kappa shape index (κ3) is 7.75. The summed E-state index contributed by atoms with van der Waals surface area (Å²) >= 11 is 0. The number of piperidine rings is 1. The highest BCUT2D eigenvalue weighted by molar-refractivity contribution is 5.79. The second-order valence-corrected chi connectivity index (χ2v) is 7.71. The van der Waals surface area contributed by atoms with E-state index in [-0.39, 0.29) is 6.10 Å². The molecule has 3 N–H and O–H groups in total. The van der Waals surface area contributed by atoms with Crippen molar-refractivity contribution in [3.8, 4) is 0 Å². The van der Waals surface area contributed by atoms with Crippen molar-refractivity contribution in [3.05, 3.63) is 35.4 Å². The van der Waals surface area contributed by atoms with Crippen LogP contribution in [0.5, 0.6) is 0 Å². The summed E-state index contributed by atoms with van der Waals surface area (Å²) in [5.74, 6) is 1.62. The van der Waals surface area contributed by atoms with Crippen molar-refractivity contribution < 1.29 is 5.11 Å². The maximum absolute atomic E-state index is 9.60. The summed E-state index contributed by atoms with van der Waals surface area (Å²) in [4.78, 5) is 6.71. The molecule has 0 atom stereocenters. The average Bonchev–Trinajstić information content (AvgIpc) is 2.64. The fraction of sp³-hybridized carbons (Fsp3) is 0.667. The second kappa shape index (κ2) is 11.2. The molecule has 146 valence electrons. The summed E-state index contributed by atoms with van der Waals surface area (Å²) in [7, 11) is 1.82. The molecule has 0 amide bonds. The number of aliphatic imine (C=N–C) groups is 1. The lowest BCUT2D eigenvalue weighted by molar-refractivity contribution is 0.0792. The Morgan fingerprint density at radius 1 is 1.15 bits per heavy atom. The zero-order valence-corrected chi connectivity index (χ0v) is 16.7. The zero-order valence-electron chi connectivity index (χ0n) is 16.7. The van der Waals surface area contributed by atoms with E-state index in [0.717, 1.165) is 57.4 Å². The molecular formula is C21H36N4O. The van der Waals surface area contributed by atoms with Crippen LogP contribution in [-0.4, -0.2) is 48.8 Å². The molecular weight excluding hydrogens is 324 g/mol. The molecule has 0 radical (unpaired) electrons. The first kappa shape index (κ1) is 20.7. The van der Waals surface area contributed by atoms with Gasteiger partial charge in [0.25, 0.3) is 0 Å². The molecule has 26 heavy (non-hydrogen) atoms. The largest absolute Gasteiger partial charge is 0.393 e. The van der Waals surface area contributed by atoms with Crippen LogP contribution in [-0.2, 0) is 13.1 Å². The standard InChI is InChI=1S/C21H36N4O/c1-17(2)5-4-12-23-21(22-3)24-15-18-6-8-19(9-7-18)16-25-13-10-20(26)11-14-25/h6-9,17,20,26H,4-5,10-16H2,1-3H3,(H2,22,23,24). The Morgan fingerprint density at radius 2 is 1.81 bits per heavy atom. The quantitative estimate of drug-likeness (QED) is 0.379. The Balaban J connectivity index is 1.70. The van der Waals surface area contributed by atoms with Gasteiger partial charge >= 0.3 is 0 Å². The maximum Gasteiger partial charge on any atom is 0.191 e. The molecule has 1 aliphatic heterocycles. The van der Waals surface area contributed by atoms with Crippen molar-refractivity contribution in [1.82, 2.24) is 15.5 Å². The molecule has 0 spiro atoms. The minimum atomic E-state index is -0.104. The van der Waals surface area contributed by atoms with E-state index in [1.54, 1.807) is 0 Å². The van der Waals surface area contributed by atoms with E-state index < -0.39 is 0 Å². The normalized spacial score (nSPS) is 16.9. The number of nitrogens with zero attached hydrogens (tertiary/aromatic N) is 2. The highest BCUT2D eigenvalue weighted by Crippen LogP contribution is 2.14. The van der Waals surface area contributed by atoms with Gasteiger partial charge in [-0.25, -0.2) is 0 Å². The van der Waals surface area contributed by atoms with Crippen LogP contribution in [0.3, 0.4) is 0 Å². The van der Waals surface area contributed by atoms with E-state index in [0.29, 0.717) is 0 Å². The van der Waals surface area contributed by atoms with Gasteiger partial charge in [-0.3, -0.25) is 9.89 Å². The Kier molecular flexibility index (Phi) is 8.92. The van der Waals surface area contributed by atoms with Crippen molar-refractivity contribution in [2.75, 3.05) is 26.7 Å². The second-order valence-electron chi connectivity index (χ2n) is 7.71. The highest BCUT2D eigenvalue weighted by Gasteiger charge is 2.16. The lowest BCUT2D eigenvalue weighted by Gasteiger charge is -2.29. The SMILES string of the molecule is CN=C(NCCCC(C)C)NCc1ccc(CN2CCC(O)CC2)cc1. The predicted octanol–water partition coefficient (Wildman–Crippen LogP) is 2.74. The van der Waals surface area contributed by atoms with E-state index >= 15 is 0 Å². The number of benzene rings is 1. The van der Waals surface area contributed by atoms with Gasteiger partial charge in [-0.2, -0.15) is 0 Å². The van der Waals surface area contributed by atoms with E-state index in [2.05, 4.69) is 58.6 Å². The van der Waals surface area contributed by atoms with Gasteiger partial charge in [0.1, 0.15) is 0 Å². The molecule has 5 heteroatoms. The monoisotopic (exact) mass is 360 g/mol. The Morgan fingerprint density at radius 3 is 2.42 bits per heavy atom. The third-order valence-electron chi connectivity index (χ3n) is 4.92. The number of likely N-dealkylation sites (tertiary alicyclic amines) is 1. The molecule has 1 aliphatic rings. The molecule has 1 fully saturated rings. The molecule has 0 aliphatic carbocycles. The first-order valence-corrected chi connectivity index (χ1v) is 9.99. The van der Waals surface area contributed by atoms with Crippen molar-refractivity contribution in [1.29, 1.82) is 0 Å². The van der Waals surface area contributed by atoms with Crippen LogP contribution in [0.15, 0.2) is 29.3 Å². The number of guanidine groups is 1. The number of aliphatic hydroxyl groups is 1. The summed E-state index contributed by atoms with van der Waals surface area (Å²) in [6.07, 6.45) is 4.09. The van der Waals surface area contributed by atoms with Crippen molar-refractivity contribution >= 4 is 5.96 Å². The van der Waals surface area contributed by atoms with Crippen molar-refractivity contribution in [2.24, 2.45) is 10.9 Å². The van der Waals surface area contributed by atoms with Crippen LogP contribution >= 0.6 is 0 Å². The molecule has 1 aromatic carbocycles. The smallest absolute Gasteiger partial charge is 0.191 e. The van der Waals surface area contributed by atoms with Crippen LogP contribution in [0.1, 0.15) is 50.7 Å². The lowest BCUT2D eigenvalue weighted by Crippen LogP contribution is -2.37. The summed E-state index contributed by atoms with van der Waals surface area (Å²) < 4.78 is 0. The number of rotatable bonds is 8. The van der Waals surface area contributed by atoms with Gasteiger partial charge in [0.05, 0.1) is 6.10 Å². The average molecular weight is 361 g/mol. The van der Waals surface area contributed by atoms with Gasteiger partial charge in [0.2, 0.25) is 0 Å². The fourth-order valence-electron chi connectivity index (χ4n) is 3.22. The first-order valence-electron chi connectivity index (χ1n) is 9.99. The van der Waals surface area contributed by atoms with E-state index in [9.17, 15) is 5.11 Å². The topological polar surface area (TPSA) is 59.9 Å². The predicted molar refractivity (Wildman–Crippen MR) is 109 cm³/mol. The van der Waals surface area contributed by atoms with Crippen LogP contribution < -0.4 is 10.6 Å². The summed E-state index contributed by atoms with van der Waals surface area (Å²) in [6.45, 7) is 9.20. The van der Waals surface area contributed by atoms with Gasteiger partial charge in [-0.15, -0.1) is 0 Å². The van der Waals surface area contributed by atoms with Gasteiger partial charge in [0.15, 0.2) is 5.96 Å². The molecule has 1 heterocycles. The summed E-state index contributed by atoms with van der Waals surface area (Å²) in [6, 6.07) is 8.79. The number of hydrogen-bond acceptors (Lipinski definition) is 3. The van der Waals surface area contributed by atoms with Gasteiger partial charge in [0, 0.05) is 39.8 Å². The molecule has 2 rings (SSSR count). The summed E-state index contributed by atoms with van der Waals surface area (Å²) in [5, 5.41) is 16.4. The van der Waals surface area contributed by atoms with Crippen molar-refractivity contribution in [2.45, 2.75) is 58.7 Å². The molecule has 0 aromatic heterocycles. The number of nitrogens with one attached hydrogen (secondary N) is 2. The van der Waals surface area contributed by atoms with E-state index in [4.69, 9.17) is 0 Å². The number of aliphatic hydroxyl groups excluding tert-OH is 1. The lowest BCUT2D eigenvalue weighted by atomic mass is 10.1. The summed E-state index contributed by atoms with van der Waals surface area (Å²) in [5.41, 5.74) is 2.59. The minimum absolute atomic E-state index is 0.104. The zero-order chi connectivity index (χ0) is 18.8. The fourth-order valence-corrected chi connectivity index (χ4v) is 3.22. The molecule has 0 bridgehead atoms. The Bertz CT molecular complexity index is 533. The van der Waals surface area contributed by atoms with Gasteiger partial charge in [-0.1, -0.05) is 38.1 Å². The Labute approximate surface area is 158 Å². The van der Waals surface area contributed by atoms with Crippen LogP contribution in [0.25, 0.3) is 0 Å². The van der Waals surface area contributed by atoms with Crippen LogP contribution in [0, 0.1) is 5.92 Å². The molecule has 1 aromatic rings. The first-order chi connectivity index (χ1) is 12.6. The van der Waals surface area contributed by atoms with E-state index in [1.807, 2.05) is 7.05 Å². The van der Waals surface area contributed by atoms with Crippen LogP contribution in [0.2, 0.25) is 0 Å². The highest BCUT2D eigenvalue weighted by atomic mass is 16.3. The third-order valence-corrected chi connectivity index (χ3v) is 4.92. The molecule has 1 saturated heterocycles. The molecule has 5 nitrogen and oxygen atoms in total. The van der Waals surface area contributed by atoms with Crippen LogP contribution in [0.4, 0.5) is 0 Å². The minimum Gasteiger partial charge on any atom is -0.393 e. The molecule has 0 unspecified atom stereocenters. The Hall–Kier alpha value is -1.59. The molecule has 0 saturated carbocycles. The van der Waals surface area contributed by atoms with Crippen molar-refractivity contribution in [3.63, 3.8) is 0 Å². The maximum atomic E-state index is 9.60. The number of hydrogen-bond donors (Lipinski definition) is 3. The van der Waals surface area contributed by atoms with Gasteiger partial charge in [-0.05, 0) is 42.7 Å². The van der Waals surface area contributed by atoms with Gasteiger partial charge < -0.3 is 15.7 Å². The van der Waals surface area contributed by atoms with E-state index in [1.165, 1.54) is 24.0 Å².